The molecule has 6 nitrogen and oxygen atoms in total. The fourth-order valence-electron chi connectivity index (χ4n) is 6.89. The van der Waals surface area contributed by atoms with E-state index in [1.807, 2.05) is 13.8 Å². The Bertz CT molecular complexity index is 585. The van der Waals surface area contributed by atoms with E-state index in [1.165, 1.54) is 0 Å². The number of rotatable bonds is 10. The van der Waals surface area contributed by atoms with Crippen LogP contribution in [0.3, 0.4) is 0 Å². The van der Waals surface area contributed by atoms with Crippen molar-refractivity contribution in [1.29, 1.82) is 0 Å². The van der Waals surface area contributed by atoms with Crippen LogP contribution >= 0.6 is 0 Å². The average molecular weight is 473 g/mol. The predicted molar refractivity (Wildman–Crippen MR) is 131 cm³/mol. The number of aliphatic hydroxyl groups is 3. The quantitative estimate of drug-likeness (QED) is 0.437. The lowest BCUT2D eigenvalue weighted by atomic mass is 9.65. The van der Waals surface area contributed by atoms with E-state index in [-0.39, 0.29) is 49.1 Å². The highest BCUT2D eigenvalue weighted by Crippen LogP contribution is 2.49. The topological polar surface area (TPSA) is 88.4 Å². The van der Waals surface area contributed by atoms with Crippen molar-refractivity contribution in [3.05, 3.63) is 0 Å². The summed E-state index contributed by atoms with van der Waals surface area (Å²) in [6, 6.07) is 0. The molecule has 2 saturated heterocycles. The summed E-state index contributed by atoms with van der Waals surface area (Å²) in [6.07, 6.45) is 1.63. The molecule has 0 spiro atoms. The van der Waals surface area contributed by atoms with Gasteiger partial charge in [-0.25, -0.2) is 0 Å². The second kappa shape index (κ2) is 11.7. The minimum absolute atomic E-state index is 0.0309. The van der Waals surface area contributed by atoms with Crippen LogP contribution in [-0.4, -0.2) is 64.3 Å². The summed E-state index contributed by atoms with van der Waals surface area (Å²) in [4.78, 5) is 0. The lowest BCUT2D eigenvalue weighted by Crippen LogP contribution is -2.61. The van der Waals surface area contributed by atoms with Gasteiger partial charge in [0.2, 0.25) is 0 Å². The summed E-state index contributed by atoms with van der Waals surface area (Å²) < 4.78 is 19.7. The zero-order valence-corrected chi connectivity index (χ0v) is 22.6. The Labute approximate surface area is 202 Å². The average Bonchev–Trinajstić information content (AvgIpc) is 2.83. The van der Waals surface area contributed by atoms with E-state index in [4.69, 9.17) is 14.2 Å². The number of hydrogen-bond donors (Lipinski definition) is 3. The molecule has 0 aliphatic carbocycles. The van der Waals surface area contributed by atoms with Gasteiger partial charge in [-0.2, -0.15) is 0 Å². The fraction of sp³-hybridized carbons (Fsp3) is 1.00. The maximum atomic E-state index is 11.3. The molecule has 0 bridgehead atoms. The zero-order chi connectivity index (χ0) is 25.1. The van der Waals surface area contributed by atoms with E-state index in [1.54, 1.807) is 0 Å². The van der Waals surface area contributed by atoms with E-state index in [0.29, 0.717) is 24.7 Å². The first-order valence-corrected chi connectivity index (χ1v) is 13.4. The summed E-state index contributed by atoms with van der Waals surface area (Å²) in [6.45, 7) is 18.9. The Kier molecular flexibility index (Phi) is 10.2. The first-order valence-electron chi connectivity index (χ1n) is 13.4. The molecule has 0 radical (unpaired) electrons. The van der Waals surface area contributed by atoms with Crippen molar-refractivity contribution in [1.82, 2.24) is 0 Å². The first kappa shape index (κ1) is 29.0. The van der Waals surface area contributed by atoms with Crippen molar-refractivity contribution in [2.75, 3.05) is 13.2 Å². The van der Waals surface area contributed by atoms with Gasteiger partial charge in [-0.15, -0.1) is 0 Å². The predicted octanol–water partition coefficient (Wildman–Crippen LogP) is 4.39. The van der Waals surface area contributed by atoms with Crippen molar-refractivity contribution in [3.8, 4) is 0 Å². The Balaban J connectivity index is 2.39. The lowest BCUT2D eigenvalue weighted by Gasteiger charge is -2.56. The van der Waals surface area contributed by atoms with Crippen molar-refractivity contribution in [2.24, 2.45) is 35.5 Å². The van der Waals surface area contributed by atoms with Crippen LogP contribution in [0.2, 0.25) is 0 Å². The molecule has 10 atom stereocenters. The largest absolute Gasteiger partial charge is 0.394 e. The van der Waals surface area contributed by atoms with E-state index >= 15 is 0 Å². The highest BCUT2D eigenvalue weighted by atomic mass is 16.7. The molecule has 6 heteroatoms. The van der Waals surface area contributed by atoms with Crippen molar-refractivity contribution in [2.45, 2.75) is 124 Å². The minimum atomic E-state index is -0.877. The smallest absolute Gasteiger partial charge is 0.161 e. The van der Waals surface area contributed by atoms with E-state index in [9.17, 15) is 15.3 Å². The standard InChI is InChI=1S/C27H52O6/c1-10-26(30,11-2)23-18(7)19(8)25(32-21(23)14-28)33-27(12-3,13-4)24-17(6)16(5)20(9)31-22(24)15-29/h16-25,28-30H,10-15H2,1-9H3. The Morgan fingerprint density at radius 1 is 0.667 bits per heavy atom. The van der Waals surface area contributed by atoms with Gasteiger partial charge in [-0.3, -0.25) is 0 Å². The maximum absolute atomic E-state index is 11.3. The van der Waals surface area contributed by atoms with E-state index < -0.39 is 23.6 Å². The molecule has 0 amide bonds. The molecule has 10 unspecified atom stereocenters. The van der Waals surface area contributed by atoms with Gasteiger partial charge < -0.3 is 29.5 Å². The monoisotopic (exact) mass is 472 g/mol. The van der Waals surface area contributed by atoms with Crippen LogP contribution in [0.5, 0.6) is 0 Å². The van der Waals surface area contributed by atoms with Crippen LogP contribution in [0, 0.1) is 35.5 Å². The molecule has 0 saturated carbocycles. The Morgan fingerprint density at radius 2 is 1.15 bits per heavy atom. The number of ether oxygens (including phenoxy) is 3. The summed E-state index contributed by atoms with van der Waals surface area (Å²) in [5.41, 5.74) is -1.39. The minimum Gasteiger partial charge on any atom is -0.394 e. The molecule has 0 aromatic carbocycles. The summed E-state index contributed by atoms with van der Waals surface area (Å²) in [5.74, 6) is 0.694. The van der Waals surface area contributed by atoms with Gasteiger partial charge >= 0.3 is 0 Å². The Morgan fingerprint density at radius 3 is 1.61 bits per heavy atom. The van der Waals surface area contributed by atoms with Gasteiger partial charge in [-0.1, -0.05) is 55.4 Å². The highest BCUT2D eigenvalue weighted by molar-refractivity contribution is 5.01. The first-order chi connectivity index (χ1) is 15.5. The molecular formula is C27H52O6. The van der Waals surface area contributed by atoms with Crippen LogP contribution in [-0.2, 0) is 14.2 Å². The molecule has 2 aliphatic heterocycles. The molecule has 33 heavy (non-hydrogen) atoms. The fourth-order valence-corrected chi connectivity index (χ4v) is 6.89. The molecule has 2 rings (SSSR count). The summed E-state index contributed by atoms with van der Waals surface area (Å²) in [5, 5.41) is 31.8. The maximum Gasteiger partial charge on any atom is 0.161 e. The van der Waals surface area contributed by atoms with Crippen LogP contribution in [0.25, 0.3) is 0 Å². The zero-order valence-electron chi connectivity index (χ0n) is 22.6. The van der Waals surface area contributed by atoms with Crippen LogP contribution < -0.4 is 0 Å². The van der Waals surface area contributed by atoms with Crippen LogP contribution in [0.1, 0.15) is 88.0 Å². The van der Waals surface area contributed by atoms with Gasteiger partial charge in [0, 0.05) is 17.8 Å². The molecule has 2 aliphatic rings. The van der Waals surface area contributed by atoms with Crippen molar-refractivity contribution in [3.63, 3.8) is 0 Å². The molecule has 3 N–H and O–H groups in total. The summed E-state index contributed by atoms with van der Waals surface area (Å²) in [7, 11) is 0. The van der Waals surface area contributed by atoms with Gasteiger partial charge in [0.1, 0.15) is 0 Å². The van der Waals surface area contributed by atoms with E-state index in [0.717, 1.165) is 12.8 Å². The normalized spacial score (nSPS) is 40.7. The molecule has 2 heterocycles. The van der Waals surface area contributed by atoms with Gasteiger partial charge in [0.25, 0.3) is 0 Å². The van der Waals surface area contributed by atoms with Crippen LogP contribution in [0.4, 0.5) is 0 Å². The summed E-state index contributed by atoms with van der Waals surface area (Å²) >= 11 is 0. The van der Waals surface area contributed by atoms with Crippen LogP contribution in [0.15, 0.2) is 0 Å². The molecular weight excluding hydrogens is 420 g/mol. The van der Waals surface area contributed by atoms with Gasteiger partial charge in [-0.05, 0) is 50.4 Å². The van der Waals surface area contributed by atoms with Crippen molar-refractivity contribution >= 4 is 0 Å². The molecule has 196 valence electrons. The third kappa shape index (κ3) is 5.31. The number of aliphatic hydroxyl groups excluding tert-OH is 2. The van der Waals surface area contributed by atoms with Gasteiger partial charge in [0.15, 0.2) is 6.29 Å². The van der Waals surface area contributed by atoms with Gasteiger partial charge in [0.05, 0.1) is 42.7 Å². The molecule has 0 aromatic heterocycles. The van der Waals surface area contributed by atoms with Crippen molar-refractivity contribution < 1.29 is 29.5 Å². The third-order valence-electron chi connectivity index (χ3n) is 9.82. The second-order valence-electron chi connectivity index (χ2n) is 11.0. The lowest BCUT2D eigenvalue weighted by molar-refractivity contribution is -0.331. The Hall–Kier alpha value is -0.240. The number of hydrogen-bond acceptors (Lipinski definition) is 6. The highest BCUT2D eigenvalue weighted by Gasteiger charge is 2.55. The van der Waals surface area contributed by atoms with E-state index in [2.05, 4.69) is 48.5 Å². The molecule has 0 aromatic rings. The molecule has 2 fully saturated rings. The third-order valence-corrected chi connectivity index (χ3v) is 9.82. The second-order valence-corrected chi connectivity index (χ2v) is 11.0. The SMILES string of the molecule is CCC(O)(CC)C1C(CO)OC(OC(CC)(CC)C2C(CO)OC(C)C(C)C2C)C(C)C1C.